The third-order valence-corrected chi connectivity index (χ3v) is 4.14. The summed E-state index contributed by atoms with van der Waals surface area (Å²) >= 11 is 1.21. The molecular weight excluding hydrogens is 296 g/mol. The molecular formula is C12H14N4O4S. The summed E-state index contributed by atoms with van der Waals surface area (Å²) < 4.78 is 9.48. The van der Waals surface area contributed by atoms with E-state index in [1.54, 1.807) is 24.9 Å². The van der Waals surface area contributed by atoms with Crippen molar-refractivity contribution in [1.29, 1.82) is 0 Å². The van der Waals surface area contributed by atoms with E-state index in [0.717, 1.165) is 0 Å². The zero-order valence-electron chi connectivity index (χ0n) is 11.6. The van der Waals surface area contributed by atoms with E-state index in [2.05, 4.69) is 10.2 Å². The van der Waals surface area contributed by atoms with Gasteiger partial charge in [-0.3, -0.25) is 4.65 Å². The Morgan fingerprint density at radius 2 is 2.43 bits per heavy atom. The van der Waals surface area contributed by atoms with Gasteiger partial charge < -0.3 is 14.4 Å². The maximum Gasteiger partial charge on any atom is 0.378 e. The Bertz CT molecular complexity index is 643. The second kappa shape index (κ2) is 5.19. The number of hydrogen-bond acceptors (Lipinski definition) is 8. The second-order valence-electron chi connectivity index (χ2n) is 4.92. The number of hydroxylamine groups is 2. The first-order valence-corrected chi connectivity index (χ1v) is 7.13. The van der Waals surface area contributed by atoms with Crippen LogP contribution in [-0.2, 0) is 4.74 Å². The van der Waals surface area contributed by atoms with Gasteiger partial charge in [-0.1, -0.05) is 5.10 Å². The van der Waals surface area contributed by atoms with E-state index < -0.39 is 16.8 Å². The highest BCUT2D eigenvalue weighted by Gasteiger charge is 2.45. The molecule has 0 saturated carbocycles. The monoisotopic (exact) mass is 310 g/mol. The summed E-state index contributed by atoms with van der Waals surface area (Å²) in [4.78, 5) is 13.8. The van der Waals surface area contributed by atoms with Crippen LogP contribution in [-0.4, -0.2) is 47.6 Å². The lowest BCUT2D eigenvalue weighted by Gasteiger charge is -2.37. The number of hydrogen-bond donors (Lipinski definition) is 0. The predicted molar refractivity (Wildman–Crippen MR) is 75.2 cm³/mol. The molecule has 2 aromatic rings. The summed E-state index contributed by atoms with van der Waals surface area (Å²) in [7, 11) is 1.79. The number of ether oxygens (including phenoxy) is 1. The minimum absolute atomic E-state index is 0.0737. The number of quaternary nitrogens is 1. The van der Waals surface area contributed by atoms with Crippen LogP contribution in [0.1, 0.15) is 15.6 Å². The molecule has 3 heterocycles. The standard InChI is InChI=1S/C12H14N4O4S/c1-8-13-14-12(21-8)16(18)7-15(2)6-10(16)20-11(17)9-4-3-5-19-9/h3-5,10H,6-7H2,1-2H3. The average molecular weight is 310 g/mol. The Morgan fingerprint density at radius 1 is 1.62 bits per heavy atom. The molecule has 1 fully saturated rings. The minimum atomic E-state index is -0.889. The minimum Gasteiger partial charge on any atom is -0.622 e. The van der Waals surface area contributed by atoms with Crippen molar-refractivity contribution >= 4 is 22.4 Å². The van der Waals surface area contributed by atoms with Gasteiger partial charge in [-0.05, 0) is 37.4 Å². The van der Waals surface area contributed by atoms with Gasteiger partial charge in [0.1, 0.15) is 11.7 Å². The highest BCUT2D eigenvalue weighted by Crippen LogP contribution is 2.33. The van der Waals surface area contributed by atoms with Crippen molar-refractivity contribution in [1.82, 2.24) is 19.7 Å². The maximum absolute atomic E-state index is 13.1. The van der Waals surface area contributed by atoms with E-state index in [1.165, 1.54) is 23.7 Å². The molecule has 0 aliphatic carbocycles. The molecule has 1 saturated heterocycles. The van der Waals surface area contributed by atoms with Crippen molar-refractivity contribution < 1.29 is 13.9 Å². The van der Waals surface area contributed by atoms with E-state index in [0.29, 0.717) is 11.6 Å². The molecule has 0 N–H and O–H groups in total. The summed E-state index contributed by atoms with van der Waals surface area (Å²) in [5, 5.41) is 21.8. The van der Waals surface area contributed by atoms with Gasteiger partial charge in [-0.25, -0.2) is 9.69 Å². The van der Waals surface area contributed by atoms with Gasteiger partial charge >= 0.3 is 11.1 Å². The summed E-state index contributed by atoms with van der Waals surface area (Å²) in [6.45, 7) is 2.26. The Morgan fingerprint density at radius 3 is 3.05 bits per heavy atom. The molecule has 9 heteroatoms. The van der Waals surface area contributed by atoms with Crippen LogP contribution in [0.25, 0.3) is 0 Å². The fourth-order valence-corrected chi connectivity index (χ4v) is 2.98. The van der Waals surface area contributed by atoms with Crippen molar-refractivity contribution in [3.05, 3.63) is 34.4 Å². The summed E-state index contributed by atoms with van der Waals surface area (Å²) in [5.41, 5.74) is 0. The van der Waals surface area contributed by atoms with Gasteiger partial charge in [0.2, 0.25) is 5.76 Å². The quantitative estimate of drug-likeness (QED) is 0.480. The summed E-state index contributed by atoms with van der Waals surface area (Å²) in [5.74, 6) is -0.579. The van der Waals surface area contributed by atoms with Crippen molar-refractivity contribution in [2.45, 2.75) is 13.2 Å². The number of aryl methyl sites for hydroxylation is 1. The number of furan rings is 1. The van der Waals surface area contributed by atoms with Crippen molar-refractivity contribution in [2.24, 2.45) is 0 Å². The van der Waals surface area contributed by atoms with Gasteiger partial charge in [0.15, 0.2) is 0 Å². The smallest absolute Gasteiger partial charge is 0.378 e. The fraction of sp³-hybridized carbons (Fsp3) is 0.417. The maximum atomic E-state index is 13.1. The van der Waals surface area contributed by atoms with E-state index in [1.807, 2.05) is 0 Å². The van der Waals surface area contributed by atoms with Gasteiger partial charge in [-0.2, -0.15) is 0 Å². The zero-order chi connectivity index (χ0) is 15.0. The molecule has 1 aliphatic rings. The average Bonchev–Trinajstić information content (AvgIpc) is 3.11. The largest absolute Gasteiger partial charge is 0.622 e. The number of carbonyl (C=O) groups is 1. The molecule has 2 atom stereocenters. The van der Waals surface area contributed by atoms with Gasteiger partial charge in [0, 0.05) is 0 Å². The first-order valence-electron chi connectivity index (χ1n) is 6.31. The van der Waals surface area contributed by atoms with E-state index in [9.17, 15) is 10.0 Å². The Kier molecular flexibility index (Phi) is 3.49. The SMILES string of the molecule is Cc1nnc([N+]2([O-])CN(C)CC2OC(=O)c2ccco2)s1. The summed E-state index contributed by atoms with van der Waals surface area (Å²) in [6, 6.07) is 3.08. The third kappa shape index (κ3) is 2.56. The van der Waals surface area contributed by atoms with Crippen molar-refractivity contribution in [3.63, 3.8) is 0 Å². The molecule has 8 nitrogen and oxygen atoms in total. The molecule has 0 spiro atoms. The Balaban J connectivity index is 1.84. The number of rotatable bonds is 3. The number of esters is 1. The number of likely N-dealkylation sites (N-methyl/N-ethyl adjacent to an activating group) is 1. The molecule has 0 aromatic carbocycles. The highest BCUT2D eigenvalue weighted by molar-refractivity contribution is 7.15. The lowest BCUT2D eigenvalue weighted by molar-refractivity contribution is 0.00247. The summed E-state index contributed by atoms with van der Waals surface area (Å²) in [6.07, 6.45) is 0.491. The number of carbonyl (C=O) groups excluding carboxylic acids is 1. The van der Waals surface area contributed by atoms with Gasteiger partial charge in [0.25, 0.3) is 6.23 Å². The van der Waals surface area contributed by atoms with Crippen LogP contribution in [0.4, 0.5) is 5.13 Å². The lowest BCUT2D eigenvalue weighted by Crippen LogP contribution is -2.50. The van der Waals surface area contributed by atoms with E-state index >= 15 is 0 Å². The zero-order valence-corrected chi connectivity index (χ0v) is 12.4. The molecule has 3 rings (SSSR count). The fourth-order valence-electron chi connectivity index (χ4n) is 2.23. The first kappa shape index (κ1) is 14.1. The Hall–Kier alpha value is -1.81. The molecule has 1 aliphatic heterocycles. The van der Waals surface area contributed by atoms with Gasteiger partial charge in [0.05, 0.1) is 12.8 Å². The molecule has 21 heavy (non-hydrogen) atoms. The molecule has 2 unspecified atom stereocenters. The topological polar surface area (TPSA) is 91.5 Å². The van der Waals surface area contributed by atoms with Crippen LogP contribution >= 0.6 is 11.3 Å². The van der Waals surface area contributed by atoms with Crippen LogP contribution < -0.4 is 4.65 Å². The first-order chi connectivity index (χ1) is 9.99. The molecule has 112 valence electrons. The third-order valence-electron chi connectivity index (χ3n) is 3.19. The highest BCUT2D eigenvalue weighted by atomic mass is 32.1. The van der Waals surface area contributed by atoms with Gasteiger partial charge in [-0.15, -0.1) is 5.10 Å². The van der Waals surface area contributed by atoms with E-state index in [4.69, 9.17) is 9.15 Å². The normalized spacial score (nSPS) is 26.1. The number of nitrogens with zero attached hydrogens (tertiary/aromatic N) is 4. The Labute approximate surface area is 124 Å². The molecule has 2 aromatic heterocycles. The van der Waals surface area contributed by atoms with Crippen LogP contribution in [0.15, 0.2) is 22.8 Å². The molecule has 0 bridgehead atoms. The molecule has 0 amide bonds. The van der Waals surface area contributed by atoms with Crippen LogP contribution in [0.5, 0.6) is 0 Å². The van der Waals surface area contributed by atoms with Crippen LogP contribution in [0.2, 0.25) is 0 Å². The number of aromatic nitrogens is 2. The van der Waals surface area contributed by atoms with Crippen molar-refractivity contribution in [3.8, 4) is 0 Å². The predicted octanol–water partition coefficient (Wildman–Crippen LogP) is 1.33. The lowest BCUT2D eigenvalue weighted by atomic mass is 10.4. The second-order valence-corrected chi connectivity index (χ2v) is 6.08. The van der Waals surface area contributed by atoms with Crippen molar-refractivity contribution in [2.75, 3.05) is 20.3 Å². The van der Waals surface area contributed by atoms with Crippen LogP contribution in [0, 0.1) is 12.1 Å². The van der Waals surface area contributed by atoms with Crippen LogP contribution in [0.3, 0.4) is 0 Å². The molecule has 0 radical (unpaired) electrons. The van der Waals surface area contributed by atoms with E-state index in [-0.39, 0.29) is 17.6 Å².